The number of benzene rings is 2. The minimum absolute atomic E-state index is 0.0313. The lowest BCUT2D eigenvalue weighted by atomic mass is 9.84. The van der Waals surface area contributed by atoms with Gasteiger partial charge in [0.15, 0.2) is 0 Å². The van der Waals surface area contributed by atoms with E-state index >= 15 is 0 Å². The van der Waals surface area contributed by atoms with E-state index in [1.807, 2.05) is 18.2 Å². The quantitative estimate of drug-likeness (QED) is 0.627. The molecular formula is C23H20FN3O3. The zero-order valence-electron chi connectivity index (χ0n) is 16.3. The summed E-state index contributed by atoms with van der Waals surface area (Å²) in [6.45, 7) is 1.17. The van der Waals surface area contributed by atoms with Crippen molar-refractivity contribution in [3.63, 3.8) is 0 Å². The monoisotopic (exact) mass is 405 g/mol. The number of ether oxygens (including phenoxy) is 1. The number of halogens is 1. The van der Waals surface area contributed by atoms with E-state index in [-0.39, 0.29) is 24.2 Å². The maximum absolute atomic E-state index is 13.1. The van der Waals surface area contributed by atoms with Crippen LogP contribution in [0.15, 0.2) is 60.9 Å². The van der Waals surface area contributed by atoms with Gasteiger partial charge in [0.2, 0.25) is 5.91 Å². The van der Waals surface area contributed by atoms with Gasteiger partial charge in [0.05, 0.1) is 11.8 Å². The van der Waals surface area contributed by atoms with E-state index in [0.717, 1.165) is 16.7 Å². The molecular weight excluding hydrogens is 385 g/mol. The molecule has 0 aliphatic carbocycles. The molecule has 5 rings (SSSR count). The molecule has 0 unspecified atom stereocenters. The highest BCUT2D eigenvalue weighted by Crippen LogP contribution is 2.43. The number of rotatable bonds is 3. The number of fused-ring (bicyclic) bond motifs is 2. The van der Waals surface area contributed by atoms with Crippen LogP contribution < -0.4 is 0 Å². The molecule has 0 atom stereocenters. The van der Waals surface area contributed by atoms with Crippen LogP contribution in [0.5, 0.6) is 0 Å². The lowest BCUT2D eigenvalue weighted by Gasteiger charge is -2.38. The first kappa shape index (κ1) is 18.5. The largest absolute Gasteiger partial charge is 0.450 e. The smallest absolute Gasteiger partial charge is 0.339 e. The van der Waals surface area contributed by atoms with Gasteiger partial charge in [0, 0.05) is 43.3 Å². The van der Waals surface area contributed by atoms with Crippen LogP contribution in [-0.4, -0.2) is 39.6 Å². The number of hydrogen-bond acceptors (Lipinski definition) is 4. The molecule has 1 saturated heterocycles. The van der Waals surface area contributed by atoms with E-state index in [0.29, 0.717) is 31.5 Å². The van der Waals surface area contributed by atoms with Crippen molar-refractivity contribution in [3.8, 4) is 11.1 Å². The van der Waals surface area contributed by atoms with E-state index in [4.69, 9.17) is 4.74 Å². The van der Waals surface area contributed by atoms with Crippen molar-refractivity contribution < 1.29 is 18.7 Å². The van der Waals surface area contributed by atoms with E-state index in [9.17, 15) is 14.0 Å². The Morgan fingerprint density at radius 3 is 2.57 bits per heavy atom. The Bertz CT molecular complexity index is 1110. The van der Waals surface area contributed by atoms with Crippen molar-refractivity contribution in [3.05, 3.63) is 77.9 Å². The molecule has 2 aromatic carbocycles. The molecule has 1 aromatic heterocycles. The topological polar surface area (TPSA) is 64.4 Å². The minimum atomic E-state index is -0.619. The van der Waals surface area contributed by atoms with Gasteiger partial charge in [0.25, 0.3) is 0 Å². The van der Waals surface area contributed by atoms with Gasteiger partial charge >= 0.3 is 5.97 Å². The van der Waals surface area contributed by atoms with Crippen molar-refractivity contribution in [1.29, 1.82) is 0 Å². The Morgan fingerprint density at radius 2 is 1.80 bits per heavy atom. The number of carbonyl (C=O) groups excluding carboxylic acids is 2. The van der Waals surface area contributed by atoms with E-state index < -0.39 is 5.60 Å². The molecule has 30 heavy (non-hydrogen) atoms. The van der Waals surface area contributed by atoms with Crippen LogP contribution in [0.3, 0.4) is 0 Å². The fraction of sp³-hybridized carbons (Fsp3) is 0.261. The normalized spacial score (nSPS) is 17.1. The summed E-state index contributed by atoms with van der Waals surface area (Å²) < 4.78 is 20.4. The lowest BCUT2D eigenvalue weighted by molar-refractivity contribution is -0.136. The zero-order valence-corrected chi connectivity index (χ0v) is 16.3. The van der Waals surface area contributed by atoms with Gasteiger partial charge in [-0.1, -0.05) is 30.3 Å². The first-order chi connectivity index (χ1) is 14.5. The molecule has 0 bridgehead atoms. The molecule has 3 aromatic rings. The summed E-state index contributed by atoms with van der Waals surface area (Å²) in [5.41, 5.74) is 2.61. The summed E-state index contributed by atoms with van der Waals surface area (Å²) in [6.07, 6.45) is 4.62. The van der Waals surface area contributed by atoms with Crippen LogP contribution in [0.1, 0.15) is 28.8 Å². The second kappa shape index (κ2) is 7.09. The van der Waals surface area contributed by atoms with Gasteiger partial charge in [-0.2, -0.15) is 5.10 Å². The van der Waals surface area contributed by atoms with Gasteiger partial charge in [-0.15, -0.1) is 0 Å². The molecule has 1 amide bonds. The summed E-state index contributed by atoms with van der Waals surface area (Å²) in [4.78, 5) is 26.8. The fourth-order valence-electron chi connectivity index (χ4n) is 4.31. The average Bonchev–Trinajstić information content (AvgIpc) is 3.33. The number of aromatic nitrogens is 2. The molecule has 1 fully saturated rings. The highest BCUT2D eigenvalue weighted by Gasteiger charge is 2.47. The van der Waals surface area contributed by atoms with Crippen LogP contribution in [-0.2, 0) is 21.7 Å². The Balaban J connectivity index is 1.24. The number of piperidine rings is 1. The molecule has 2 aliphatic rings. The van der Waals surface area contributed by atoms with Crippen molar-refractivity contribution >= 4 is 11.9 Å². The number of likely N-dealkylation sites (tertiary alicyclic amines) is 1. The number of hydrogen-bond donors (Lipinski definition) is 0. The molecule has 6 nitrogen and oxygen atoms in total. The number of carbonyl (C=O) groups is 2. The summed E-state index contributed by atoms with van der Waals surface area (Å²) in [5, 5.41) is 4.27. The maximum Gasteiger partial charge on any atom is 0.339 e. The molecule has 0 N–H and O–H groups in total. The highest BCUT2D eigenvalue weighted by molar-refractivity contribution is 5.94. The average molecular weight is 405 g/mol. The molecule has 3 heterocycles. The molecule has 0 radical (unpaired) electrons. The first-order valence-corrected chi connectivity index (χ1v) is 9.93. The molecule has 152 valence electrons. The molecule has 7 heteroatoms. The summed E-state index contributed by atoms with van der Waals surface area (Å²) in [7, 11) is 0. The van der Waals surface area contributed by atoms with Gasteiger partial charge in [-0.25, -0.2) is 9.18 Å². The van der Waals surface area contributed by atoms with Crippen LogP contribution in [0.25, 0.3) is 11.1 Å². The SMILES string of the molecule is O=C1OC2(CCN(C(=O)Cn3cc(-c4ccc(F)cc4)cn3)CC2)c2ccccc21. The second-order valence-corrected chi connectivity index (χ2v) is 7.74. The lowest BCUT2D eigenvalue weighted by Crippen LogP contribution is -2.46. The number of amides is 1. The van der Waals surface area contributed by atoms with E-state index in [1.165, 1.54) is 12.1 Å². The highest BCUT2D eigenvalue weighted by atomic mass is 19.1. The summed E-state index contributed by atoms with van der Waals surface area (Å²) >= 11 is 0. The van der Waals surface area contributed by atoms with Crippen LogP contribution >= 0.6 is 0 Å². The van der Waals surface area contributed by atoms with E-state index in [2.05, 4.69) is 5.10 Å². The van der Waals surface area contributed by atoms with Gasteiger partial charge < -0.3 is 9.64 Å². The fourth-order valence-corrected chi connectivity index (χ4v) is 4.31. The van der Waals surface area contributed by atoms with Gasteiger partial charge in [0.1, 0.15) is 18.0 Å². The Labute approximate surface area is 172 Å². The van der Waals surface area contributed by atoms with Crippen LogP contribution in [0, 0.1) is 5.82 Å². The second-order valence-electron chi connectivity index (χ2n) is 7.74. The molecule has 2 aliphatic heterocycles. The van der Waals surface area contributed by atoms with Crippen molar-refractivity contribution in [2.24, 2.45) is 0 Å². The predicted molar refractivity (Wildman–Crippen MR) is 107 cm³/mol. The van der Waals surface area contributed by atoms with Crippen molar-refractivity contribution in [2.75, 3.05) is 13.1 Å². The third-order valence-corrected chi connectivity index (χ3v) is 5.96. The van der Waals surface area contributed by atoms with Gasteiger partial charge in [-0.3, -0.25) is 9.48 Å². The minimum Gasteiger partial charge on any atom is -0.450 e. The number of nitrogens with zero attached hydrogens (tertiary/aromatic N) is 3. The zero-order chi connectivity index (χ0) is 20.7. The first-order valence-electron chi connectivity index (χ1n) is 9.93. The predicted octanol–water partition coefficient (Wildman–Crippen LogP) is 3.38. The standard InChI is InChI=1S/C23H20FN3O3/c24-18-7-5-16(6-8-18)17-13-25-27(14-17)15-21(28)26-11-9-23(10-12-26)20-4-2-1-3-19(20)22(29)30-23/h1-8,13-14H,9-12,15H2. The van der Waals surface area contributed by atoms with Crippen molar-refractivity contribution in [1.82, 2.24) is 14.7 Å². The van der Waals surface area contributed by atoms with Gasteiger partial charge in [-0.05, 0) is 23.8 Å². The molecule has 0 saturated carbocycles. The van der Waals surface area contributed by atoms with Crippen molar-refractivity contribution in [2.45, 2.75) is 25.0 Å². The van der Waals surface area contributed by atoms with E-state index in [1.54, 1.807) is 40.2 Å². The Morgan fingerprint density at radius 1 is 1.07 bits per heavy atom. The van der Waals surface area contributed by atoms with Crippen LogP contribution in [0.4, 0.5) is 4.39 Å². The Kier molecular flexibility index (Phi) is 4.38. The van der Waals surface area contributed by atoms with Crippen LogP contribution in [0.2, 0.25) is 0 Å². The summed E-state index contributed by atoms with van der Waals surface area (Å²) in [5.74, 6) is -0.605. The molecule has 1 spiro atoms. The number of esters is 1. The Hall–Kier alpha value is -3.48. The summed E-state index contributed by atoms with van der Waals surface area (Å²) in [6, 6.07) is 13.6. The third kappa shape index (κ3) is 3.16. The third-order valence-electron chi connectivity index (χ3n) is 5.96. The maximum atomic E-state index is 13.1.